The number of carbonyl (C=O) groups is 1. The molecule has 1 aliphatic rings. The van der Waals surface area contributed by atoms with Crippen LogP contribution in [0.2, 0.25) is 5.02 Å². The average molecular weight is 426 g/mol. The number of halogens is 1. The second-order valence-corrected chi connectivity index (χ2v) is 9.38. The molecule has 1 saturated carbocycles. The monoisotopic (exact) mass is 425 g/mol. The number of rotatable bonds is 4. The second-order valence-electron chi connectivity index (χ2n) is 8.97. The van der Waals surface area contributed by atoms with Gasteiger partial charge in [0.2, 0.25) is 0 Å². The minimum absolute atomic E-state index is 0.306. The zero-order chi connectivity index (χ0) is 21.5. The predicted octanol–water partition coefficient (Wildman–Crippen LogP) is 5.92. The van der Waals surface area contributed by atoms with Crippen molar-refractivity contribution in [3.8, 4) is 0 Å². The summed E-state index contributed by atoms with van der Waals surface area (Å²) < 4.78 is 2.06. The Morgan fingerprint density at radius 2 is 1.90 bits per heavy atom. The highest BCUT2D eigenvalue weighted by Gasteiger charge is 2.25. The molecule has 0 unspecified atom stereocenters. The third kappa shape index (κ3) is 4.23. The summed E-state index contributed by atoms with van der Waals surface area (Å²) in [7, 11) is 0. The summed E-state index contributed by atoms with van der Waals surface area (Å²) in [6, 6.07) is 11.1. The Hall–Kier alpha value is -2.37. The highest BCUT2D eigenvalue weighted by Crippen LogP contribution is 2.35. The normalized spacial score (nSPS) is 19.8. The van der Waals surface area contributed by atoms with E-state index in [1.165, 1.54) is 12.8 Å². The Labute approximate surface area is 182 Å². The molecule has 3 aromatic rings. The molecule has 158 valence electrons. The summed E-state index contributed by atoms with van der Waals surface area (Å²) in [5.74, 6) is 0.471. The van der Waals surface area contributed by atoms with Gasteiger partial charge in [-0.3, -0.25) is 9.48 Å². The first-order valence-corrected chi connectivity index (χ1v) is 10.9. The zero-order valence-corrected chi connectivity index (χ0v) is 18.4. The van der Waals surface area contributed by atoms with E-state index in [1.807, 2.05) is 12.1 Å². The summed E-state index contributed by atoms with van der Waals surface area (Å²) in [6.07, 6.45) is 6.74. The molecule has 2 aromatic carbocycles. The molecule has 5 nitrogen and oxygen atoms in total. The number of carbonyl (C=O) groups excluding carboxylic acids is 1. The highest BCUT2D eigenvalue weighted by atomic mass is 35.5. The number of hydrogen-bond acceptors (Lipinski definition) is 3. The van der Waals surface area contributed by atoms with E-state index in [2.05, 4.69) is 23.1 Å². The van der Waals surface area contributed by atoms with Crippen molar-refractivity contribution in [1.82, 2.24) is 9.78 Å². The molecule has 0 bridgehead atoms. The SMILES string of the molecule is CC(C)(O)c1cc2nn([C@H]3CC[C@H](C)CC3)cc2cc1NC(=O)c1ccccc1Cl. The lowest BCUT2D eigenvalue weighted by atomic mass is 9.87. The number of hydrogen-bond donors (Lipinski definition) is 2. The summed E-state index contributed by atoms with van der Waals surface area (Å²) in [4.78, 5) is 12.8. The van der Waals surface area contributed by atoms with E-state index in [0.717, 1.165) is 29.7 Å². The van der Waals surface area contributed by atoms with Gasteiger partial charge in [0.1, 0.15) is 0 Å². The summed E-state index contributed by atoms with van der Waals surface area (Å²) in [6.45, 7) is 5.72. The molecule has 4 rings (SSSR count). The van der Waals surface area contributed by atoms with Crippen molar-refractivity contribution in [2.75, 3.05) is 5.32 Å². The van der Waals surface area contributed by atoms with Crippen LogP contribution < -0.4 is 5.32 Å². The molecule has 0 radical (unpaired) electrons. The van der Waals surface area contributed by atoms with Crippen molar-refractivity contribution in [2.45, 2.75) is 58.1 Å². The maximum absolute atomic E-state index is 12.8. The van der Waals surface area contributed by atoms with Crippen molar-refractivity contribution in [3.05, 3.63) is 58.7 Å². The number of benzene rings is 2. The quantitative estimate of drug-likeness (QED) is 0.545. The number of fused-ring (bicyclic) bond motifs is 1. The summed E-state index contributed by atoms with van der Waals surface area (Å²) >= 11 is 6.19. The number of nitrogens with zero attached hydrogens (tertiary/aromatic N) is 2. The van der Waals surface area contributed by atoms with Crippen molar-refractivity contribution in [2.24, 2.45) is 5.92 Å². The largest absolute Gasteiger partial charge is 0.386 e. The molecule has 1 fully saturated rings. The number of anilines is 1. The number of amides is 1. The van der Waals surface area contributed by atoms with E-state index in [4.69, 9.17) is 16.7 Å². The Morgan fingerprint density at radius 1 is 1.20 bits per heavy atom. The van der Waals surface area contributed by atoms with E-state index in [-0.39, 0.29) is 5.91 Å². The molecule has 30 heavy (non-hydrogen) atoms. The van der Waals surface area contributed by atoms with Crippen molar-refractivity contribution in [1.29, 1.82) is 0 Å². The Bertz CT molecular complexity index is 1080. The van der Waals surface area contributed by atoms with Gasteiger partial charge in [-0.2, -0.15) is 5.10 Å². The van der Waals surface area contributed by atoms with Crippen LogP contribution in [-0.4, -0.2) is 20.8 Å². The van der Waals surface area contributed by atoms with Crippen molar-refractivity contribution >= 4 is 34.1 Å². The maximum Gasteiger partial charge on any atom is 0.257 e. The highest BCUT2D eigenvalue weighted by molar-refractivity contribution is 6.34. The third-order valence-electron chi connectivity index (χ3n) is 6.05. The summed E-state index contributed by atoms with van der Waals surface area (Å²) in [5, 5.41) is 19.8. The fourth-order valence-electron chi connectivity index (χ4n) is 4.23. The van der Waals surface area contributed by atoms with E-state index >= 15 is 0 Å². The van der Waals surface area contributed by atoms with Crippen LogP contribution in [0.4, 0.5) is 5.69 Å². The van der Waals surface area contributed by atoms with Crippen molar-refractivity contribution < 1.29 is 9.90 Å². The molecule has 1 amide bonds. The van der Waals surface area contributed by atoms with Crippen LogP contribution in [-0.2, 0) is 5.60 Å². The van der Waals surface area contributed by atoms with Gasteiger partial charge in [-0.15, -0.1) is 0 Å². The Kier molecular flexibility index (Phi) is 5.60. The molecule has 1 heterocycles. The average Bonchev–Trinajstić information content (AvgIpc) is 3.10. The van der Waals surface area contributed by atoms with Crippen LogP contribution in [0.15, 0.2) is 42.6 Å². The van der Waals surface area contributed by atoms with Gasteiger partial charge in [-0.05, 0) is 69.7 Å². The van der Waals surface area contributed by atoms with Crippen LogP contribution in [0.3, 0.4) is 0 Å². The molecule has 2 N–H and O–H groups in total. The standard InChI is InChI=1S/C24H28ClN3O2/c1-15-8-10-17(11-9-15)28-14-16-12-22(19(24(2,3)30)13-21(16)27-28)26-23(29)18-6-4-5-7-20(18)25/h4-7,12-15,17,30H,8-11H2,1-3H3,(H,26,29)/t15-,17-. The lowest BCUT2D eigenvalue weighted by Gasteiger charge is -2.26. The van der Waals surface area contributed by atoms with Gasteiger partial charge in [-0.25, -0.2) is 0 Å². The third-order valence-corrected chi connectivity index (χ3v) is 6.38. The molecule has 6 heteroatoms. The van der Waals surface area contributed by atoms with Crippen LogP contribution in [0.5, 0.6) is 0 Å². The van der Waals surface area contributed by atoms with Gasteiger partial charge in [0.25, 0.3) is 5.91 Å². The van der Waals surface area contributed by atoms with Gasteiger partial charge < -0.3 is 10.4 Å². The lowest BCUT2D eigenvalue weighted by molar-refractivity contribution is 0.0794. The lowest BCUT2D eigenvalue weighted by Crippen LogP contribution is -2.21. The first-order chi connectivity index (χ1) is 14.2. The van der Waals surface area contributed by atoms with Gasteiger partial charge in [-0.1, -0.05) is 30.7 Å². The van der Waals surface area contributed by atoms with Crippen LogP contribution in [0.25, 0.3) is 10.9 Å². The maximum atomic E-state index is 12.8. The smallest absolute Gasteiger partial charge is 0.257 e. The molecule has 0 aliphatic heterocycles. The van der Waals surface area contributed by atoms with Gasteiger partial charge in [0.05, 0.1) is 27.7 Å². The van der Waals surface area contributed by atoms with Gasteiger partial charge in [0.15, 0.2) is 0 Å². The zero-order valence-electron chi connectivity index (χ0n) is 17.7. The molecule has 1 aliphatic carbocycles. The number of nitrogens with one attached hydrogen (secondary N) is 1. The predicted molar refractivity (Wildman–Crippen MR) is 121 cm³/mol. The second kappa shape index (κ2) is 8.05. The fraction of sp³-hybridized carbons (Fsp3) is 0.417. The minimum Gasteiger partial charge on any atom is -0.386 e. The van der Waals surface area contributed by atoms with E-state index < -0.39 is 5.60 Å². The molecule has 0 saturated heterocycles. The van der Waals surface area contributed by atoms with E-state index in [0.29, 0.717) is 27.9 Å². The summed E-state index contributed by atoms with van der Waals surface area (Å²) in [5.41, 5.74) is 1.27. The Morgan fingerprint density at radius 3 is 2.57 bits per heavy atom. The fourth-order valence-corrected chi connectivity index (χ4v) is 4.45. The van der Waals surface area contributed by atoms with E-state index in [9.17, 15) is 9.90 Å². The molecule has 1 aromatic heterocycles. The van der Waals surface area contributed by atoms with Crippen LogP contribution >= 0.6 is 11.6 Å². The first-order valence-electron chi connectivity index (χ1n) is 10.5. The number of aliphatic hydroxyl groups is 1. The van der Waals surface area contributed by atoms with E-state index in [1.54, 1.807) is 38.1 Å². The molecule has 0 atom stereocenters. The van der Waals surface area contributed by atoms with Gasteiger partial charge in [0, 0.05) is 22.8 Å². The molecular weight excluding hydrogens is 398 g/mol. The Balaban J connectivity index is 1.71. The van der Waals surface area contributed by atoms with Crippen molar-refractivity contribution in [3.63, 3.8) is 0 Å². The van der Waals surface area contributed by atoms with Crippen LogP contribution in [0, 0.1) is 5.92 Å². The molecule has 0 spiro atoms. The first kappa shape index (κ1) is 20.9. The number of aromatic nitrogens is 2. The van der Waals surface area contributed by atoms with Crippen LogP contribution in [0.1, 0.15) is 68.4 Å². The molecular formula is C24H28ClN3O2. The topological polar surface area (TPSA) is 67.2 Å². The minimum atomic E-state index is -1.14. The van der Waals surface area contributed by atoms with Gasteiger partial charge >= 0.3 is 0 Å².